The lowest BCUT2D eigenvalue weighted by atomic mass is 9.90. The van der Waals surface area contributed by atoms with Gasteiger partial charge in [0.2, 0.25) is 5.91 Å². The van der Waals surface area contributed by atoms with Crippen molar-refractivity contribution in [2.75, 3.05) is 0 Å². The van der Waals surface area contributed by atoms with Crippen molar-refractivity contribution in [2.45, 2.75) is 44.8 Å². The van der Waals surface area contributed by atoms with Gasteiger partial charge in [0.05, 0.1) is 0 Å². The predicted molar refractivity (Wildman–Crippen MR) is 96.1 cm³/mol. The maximum Gasteiger partial charge on any atom is 0.417 e. The molecule has 0 aliphatic carbocycles. The first-order valence-corrected chi connectivity index (χ1v) is 8.55. The number of carbonyl (C=O) groups excluding carboxylic acids is 2. The third-order valence-corrected chi connectivity index (χ3v) is 4.70. The lowest BCUT2D eigenvalue weighted by molar-refractivity contribution is -0.130. The van der Waals surface area contributed by atoms with Crippen LogP contribution in [-0.4, -0.2) is 22.5 Å². The normalized spacial score (nSPS) is 20.2. The summed E-state index contributed by atoms with van der Waals surface area (Å²) in [5.41, 5.74) is 1.22. The summed E-state index contributed by atoms with van der Waals surface area (Å²) in [6.07, 6.45) is -0.303. The van der Waals surface area contributed by atoms with Crippen LogP contribution in [-0.2, 0) is 9.53 Å². The molecule has 25 heavy (non-hydrogen) atoms. The van der Waals surface area contributed by atoms with Crippen LogP contribution < -0.4 is 0 Å². The Morgan fingerprint density at radius 2 is 1.64 bits per heavy atom. The Morgan fingerprint density at radius 1 is 1.08 bits per heavy atom. The van der Waals surface area contributed by atoms with E-state index in [0.717, 1.165) is 11.1 Å². The molecule has 0 saturated carbocycles. The Balaban J connectivity index is 1.86. The Bertz CT molecular complexity index is 755. The highest BCUT2D eigenvalue weighted by molar-refractivity contribution is 5.94. The number of benzene rings is 2. The van der Waals surface area contributed by atoms with Crippen molar-refractivity contribution in [1.29, 1.82) is 0 Å². The van der Waals surface area contributed by atoms with Crippen molar-refractivity contribution >= 4 is 12.0 Å². The van der Waals surface area contributed by atoms with Crippen LogP contribution in [0.4, 0.5) is 4.79 Å². The highest BCUT2D eigenvalue weighted by atomic mass is 16.6. The van der Waals surface area contributed by atoms with E-state index in [0.29, 0.717) is 0 Å². The first-order valence-electron chi connectivity index (χ1n) is 8.55. The van der Waals surface area contributed by atoms with Gasteiger partial charge < -0.3 is 4.74 Å². The first kappa shape index (κ1) is 17.2. The number of amides is 2. The lowest BCUT2D eigenvalue weighted by Crippen LogP contribution is -2.38. The number of imide groups is 1. The molecule has 4 nitrogen and oxygen atoms in total. The molecule has 0 aromatic heterocycles. The van der Waals surface area contributed by atoms with E-state index in [1.54, 1.807) is 0 Å². The zero-order valence-electron chi connectivity index (χ0n) is 14.8. The number of nitrogens with zero attached hydrogens (tertiary/aromatic N) is 1. The number of ether oxygens (including phenoxy) is 1. The molecule has 1 aliphatic rings. The fraction of sp³-hybridized carbons (Fsp3) is 0.333. The second-order valence-corrected chi connectivity index (χ2v) is 7.06. The van der Waals surface area contributed by atoms with Crippen molar-refractivity contribution in [3.63, 3.8) is 0 Å². The smallest absolute Gasteiger partial charge is 0.417 e. The van der Waals surface area contributed by atoms with E-state index < -0.39 is 17.7 Å². The zero-order valence-corrected chi connectivity index (χ0v) is 14.8. The molecule has 4 heteroatoms. The average molecular weight is 337 g/mol. The van der Waals surface area contributed by atoms with Crippen LogP contribution in [0.2, 0.25) is 0 Å². The minimum Gasteiger partial charge on any atom is -0.440 e. The second kappa shape index (κ2) is 6.71. The topological polar surface area (TPSA) is 46.6 Å². The maximum atomic E-state index is 12.9. The van der Waals surface area contributed by atoms with E-state index in [1.165, 1.54) is 4.90 Å². The Kier molecular flexibility index (Phi) is 4.62. The molecule has 1 heterocycles. The molecular weight excluding hydrogens is 314 g/mol. The van der Waals surface area contributed by atoms with E-state index in [-0.39, 0.29) is 18.2 Å². The molecular formula is C21H23NO3. The minimum absolute atomic E-state index is 0.0293. The summed E-state index contributed by atoms with van der Waals surface area (Å²) in [5.74, 6) is -0.178. The summed E-state index contributed by atoms with van der Waals surface area (Å²) >= 11 is 0. The van der Waals surface area contributed by atoms with Crippen LogP contribution in [0.3, 0.4) is 0 Å². The van der Waals surface area contributed by atoms with Crippen molar-refractivity contribution in [3.8, 4) is 0 Å². The molecule has 0 bridgehead atoms. The molecule has 0 unspecified atom stereocenters. The van der Waals surface area contributed by atoms with Crippen molar-refractivity contribution in [1.82, 2.24) is 4.90 Å². The van der Waals surface area contributed by atoms with Crippen LogP contribution in [0.1, 0.15) is 50.3 Å². The average Bonchev–Trinajstić information content (AvgIpc) is 2.85. The van der Waals surface area contributed by atoms with Crippen LogP contribution in [0.25, 0.3) is 0 Å². The molecule has 2 aromatic rings. The molecule has 130 valence electrons. The standard InChI is InChI=1S/C21H23NO3/c1-15(16-10-6-4-7-11-16)14-18(23)22-19(17-12-8-5-9-13-17)21(2,3)25-20(22)24/h4-13,15,19H,14H2,1-3H3/t15-,19+/m0/s1. The summed E-state index contributed by atoms with van der Waals surface area (Å²) in [4.78, 5) is 26.6. The number of rotatable bonds is 4. The lowest BCUT2D eigenvalue weighted by Gasteiger charge is -2.28. The van der Waals surface area contributed by atoms with E-state index in [1.807, 2.05) is 81.4 Å². The minimum atomic E-state index is -0.760. The SMILES string of the molecule is C[C@@H](CC(=O)N1C(=O)OC(C)(C)[C@H]1c1ccccc1)c1ccccc1. The molecule has 1 saturated heterocycles. The summed E-state index contributed by atoms with van der Waals surface area (Å²) in [5, 5.41) is 0. The molecule has 1 aliphatic heterocycles. The number of carbonyl (C=O) groups is 2. The van der Waals surface area contributed by atoms with E-state index in [2.05, 4.69) is 0 Å². The fourth-order valence-electron chi connectivity index (χ4n) is 3.44. The third-order valence-electron chi connectivity index (χ3n) is 4.70. The van der Waals surface area contributed by atoms with Crippen molar-refractivity contribution in [3.05, 3.63) is 71.8 Å². The van der Waals surface area contributed by atoms with Gasteiger partial charge in [-0.25, -0.2) is 9.69 Å². The molecule has 1 fully saturated rings. The molecule has 2 aromatic carbocycles. The van der Waals surface area contributed by atoms with E-state index >= 15 is 0 Å². The highest BCUT2D eigenvalue weighted by Gasteiger charge is 2.51. The molecule has 0 spiro atoms. The summed E-state index contributed by atoms with van der Waals surface area (Å²) < 4.78 is 5.50. The Labute approximate surface area is 148 Å². The van der Waals surface area contributed by atoms with Gasteiger partial charge >= 0.3 is 6.09 Å². The van der Waals surface area contributed by atoms with Gasteiger partial charge in [-0.2, -0.15) is 0 Å². The van der Waals surface area contributed by atoms with Crippen LogP contribution in [0.15, 0.2) is 60.7 Å². The van der Waals surface area contributed by atoms with Gasteiger partial charge in [0.1, 0.15) is 11.6 Å². The largest absolute Gasteiger partial charge is 0.440 e. The zero-order chi connectivity index (χ0) is 18.0. The monoisotopic (exact) mass is 337 g/mol. The molecule has 0 radical (unpaired) electrons. The Morgan fingerprint density at radius 3 is 2.24 bits per heavy atom. The maximum absolute atomic E-state index is 12.9. The van der Waals surface area contributed by atoms with Gasteiger partial charge in [0.25, 0.3) is 0 Å². The number of hydrogen-bond acceptors (Lipinski definition) is 3. The Hall–Kier alpha value is -2.62. The quantitative estimate of drug-likeness (QED) is 0.814. The van der Waals surface area contributed by atoms with Gasteiger partial charge in [0, 0.05) is 6.42 Å². The van der Waals surface area contributed by atoms with Crippen LogP contribution in [0, 0.1) is 0 Å². The van der Waals surface area contributed by atoms with Gasteiger partial charge in [-0.1, -0.05) is 67.6 Å². The highest BCUT2D eigenvalue weighted by Crippen LogP contribution is 2.41. The summed E-state index contributed by atoms with van der Waals surface area (Å²) in [6.45, 7) is 5.68. The third kappa shape index (κ3) is 3.43. The van der Waals surface area contributed by atoms with Gasteiger partial charge in [-0.3, -0.25) is 4.79 Å². The molecule has 2 atom stereocenters. The van der Waals surface area contributed by atoms with Crippen LogP contribution in [0.5, 0.6) is 0 Å². The molecule has 0 N–H and O–H groups in total. The number of hydrogen-bond donors (Lipinski definition) is 0. The van der Waals surface area contributed by atoms with Crippen molar-refractivity contribution in [2.24, 2.45) is 0 Å². The first-order chi connectivity index (χ1) is 11.9. The van der Waals surface area contributed by atoms with E-state index in [9.17, 15) is 9.59 Å². The van der Waals surface area contributed by atoms with Crippen LogP contribution >= 0.6 is 0 Å². The second-order valence-electron chi connectivity index (χ2n) is 7.06. The van der Waals surface area contributed by atoms with Gasteiger partial charge in [-0.15, -0.1) is 0 Å². The van der Waals surface area contributed by atoms with E-state index in [4.69, 9.17) is 4.74 Å². The van der Waals surface area contributed by atoms with Gasteiger partial charge in [-0.05, 0) is 30.9 Å². The fourth-order valence-corrected chi connectivity index (χ4v) is 3.44. The molecule has 2 amide bonds. The number of cyclic esters (lactones) is 1. The van der Waals surface area contributed by atoms with Crippen molar-refractivity contribution < 1.29 is 14.3 Å². The summed E-state index contributed by atoms with van der Waals surface area (Å²) in [7, 11) is 0. The predicted octanol–water partition coefficient (Wildman–Crippen LogP) is 4.68. The molecule has 3 rings (SSSR count). The van der Waals surface area contributed by atoms with Gasteiger partial charge in [0.15, 0.2) is 0 Å². The summed E-state index contributed by atoms with van der Waals surface area (Å²) in [6, 6.07) is 19.0.